The molecule has 122 valence electrons. The molecule has 2 heterocycles. The zero-order valence-electron chi connectivity index (χ0n) is 12.2. The second-order valence-electron chi connectivity index (χ2n) is 5.89. The summed E-state index contributed by atoms with van der Waals surface area (Å²) < 4.78 is 31.9. The van der Waals surface area contributed by atoms with Gasteiger partial charge < -0.3 is 9.84 Å². The van der Waals surface area contributed by atoms with Crippen LogP contribution in [-0.2, 0) is 27.7 Å². The molecule has 0 aliphatic carbocycles. The van der Waals surface area contributed by atoms with Crippen molar-refractivity contribution in [2.45, 2.75) is 38.0 Å². The number of sulfonamides is 1. The number of aliphatic hydroxyl groups excluding tert-OH is 1. The molecule has 0 amide bonds. The summed E-state index contributed by atoms with van der Waals surface area (Å²) in [6.45, 7) is 1.35. The smallest absolute Gasteiger partial charge is 0.217 e. The minimum Gasteiger partial charge on any atom is -0.389 e. The van der Waals surface area contributed by atoms with Crippen LogP contribution in [0.3, 0.4) is 0 Å². The number of hydrogen-bond acceptors (Lipinski definition) is 4. The molecule has 5 nitrogen and oxygen atoms in total. The second-order valence-corrected chi connectivity index (χ2v) is 8.34. The monoisotopic (exact) mass is 345 g/mol. The van der Waals surface area contributed by atoms with E-state index in [1.54, 1.807) is 0 Å². The Balaban J connectivity index is 1.70. The fraction of sp³-hybridized carbons (Fsp3) is 0.600. The summed E-state index contributed by atoms with van der Waals surface area (Å²) in [6.07, 6.45) is 0.934. The highest BCUT2D eigenvalue weighted by atomic mass is 35.5. The first kappa shape index (κ1) is 16.2. The SMILES string of the molecule is O=S(=O)(C[C@@H](O)[C@H]1CCCO1)N1CCc2ccc(Cl)cc2C1. The molecule has 3 rings (SSSR count). The van der Waals surface area contributed by atoms with Gasteiger partial charge in [-0.1, -0.05) is 17.7 Å². The Bertz CT molecular complexity index is 643. The Morgan fingerprint density at radius 3 is 2.95 bits per heavy atom. The van der Waals surface area contributed by atoms with E-state index in [0.29, 0.717) is 31.1 Å². The van der Waals surface area contributed by atoms with Crippen molar-refractivity contribution in [3.05, 3.63) is 34.3 Å². The number of rotatable bonds is 4. The molecule has 7 heteroatoms. The molecule has 2 atom stereocenters. The van der Waals surface area contributed by atoms with Crippen molar-refractivity contribution in [3.63, 3.8) is 0 Å². The van der Waals surface area contributed by atoms with Crippen molar-refractivity contribution >= 4 is 21.6 Å². The third kappa shape index (κ3) is 3.46. The molecule has 0 saturated carbocycles. The lowest BCUT2D eigenvalue weighted by molar-refractivity contribution is 0.00968. The number of halogens is 1. The molecule has 0 aromatic heterocycles. The molecule has 1 aromatic carbocycles. The Morgan fingerprint density at radius 1 is 1.41 bits per heavy atom. The molecular formula is C15H20ClNO4S. The topological polar surface area (TPSA) is 66.8 Å². The minimum absolute atomic E-state index is 0.284. The van der Waals surface area contributed by atoms with E-state index in [0.717, 1.165) is 24.0 Å². The normalized spacial score (nSPS) is 24.2. The van der Waals surface area contributed by atoms with Crippen LogP contribution in [0.4, 0.5) is 0 Å². The van der Waals surface area contributed by atoms with E-state index in [4.69, 9.17) is 16.3 Å². The molecule has 1 aromatic rings. The Kier molecular flexibility index (Phi) is 4.75. The van der Waals surface area contributed by atoms with E-state index in [1.165, 1.54) is 4.31 Å². The molecule has 0 unspecified atom stereocenters. The van der Waals surface area contributed by atoms with Crippen LogP contribution in [0.5, 0.6) is 0 Å². The quantitative estimate of drug-likeness (QED) is 0.899. The predicted octanol–water partition coefficient (Wildman–Crippen LogP) is 1.57. The van der Waals surface area contributed by atoms with Crippen LogP contribution in [0, 0.1) is 0 Å². The van der Waals surface area contributed by atoms with Gasteiger partial charge in [-0.15, -0.1) is 0 Å². The Labute approximate surface area is 135 Å². The van der Waals surface area contributed by atoms with E-state index in [2.05, 4.69) is 0 Å². The number of ether oxygens (including phenoxy) is 1. The minimum atomic E-state index is -3.52. The lowest BCUT2D eigenvalue weighted by Crippen LogP contribution is -2.42. The van der Waals surface area contributed by atoms with E-state index < -0.39 is 16.1 Å². The summed E-state index contributed by atoms with van der Waals surface area (Å²) in [5.41, 5.74) is 2.07. The van der Waals surface area contributed by atoms with E-state index >= 15 is 0 Å². The molecule has 1 N–H and O–H groups in total. The van der Waals surface area contributed by atoms with Gasteiger partial charge in [-0.3, -0.25) is 0 Å². The van der Waals surface area contributed by atoms with Crippen LogP contribution < -0.4 is 0 Å². The highest BCUT2D eigenvalue weighted by Crippen LogP contribution is 2.25. The van der Waals surface area contributed by atoms with Crippen LogP contribution in [0.25, 0.3) is 0 Å². The first-order valence-electron chi connectivity index (χ1n) is 7.50. The fourth-order valence-corrected chi connectivity index (χ4v) is 4.83. The van der Waals surface area contributed by atoms with Crippen LogP contribution in [0.1, 0.15) is 24.0 Å². The van der Waals surface area contributed by atoms with Gasteiger partial charge in [-0.05, 0) is 42.5 Å². The third-order valence-corrected chi connectivity index (χ3v) is 6.41. The number of aliphatic hydroxyl groups is 1. The van der Waals surface area contributed by atoms with Crippen LogP contribution in [-0.4, -0.2) is 48.9 Å². The number of nitrogens with zero attached hydrogens (tertiary/aromatic N) is 1. The molecule has 1 fully saturated rings. The maximum atomic E-state index is 12.5. The van der Waals surface area contributed by atoms with Gasteiger partial charge in [0.05, 0.1) is 18.0 Å². The Hall–Kier alpha value is -0.660. The van der Waals surface area contributed by atoms with Crippen LogP contribution >= 0.6 is 11.6 Å². The van der Waals surface area contributed by atoms with Gasteiger partial charge in [0.2, 0.25) is 10.0 Å². The maximum Gasteiger partial charge on any atom is 0.217 e. The molecule has 22 heavy (non-hydrogen) atoms. The maximum absolute atomic E-state index is 12.5. The first-order valence-corrected chi connectivity index (χ1v) is 9.49. The molecule has 2 aliphatic rings. The Morgan fingerprint density at radius 2 is 2.23 bits per heavy atom. The first-order chi connectivity index (χ1) is 10.5. The van der Waals surface area contributed by atoms with E-state index in [-0.39, 0.29) is 11.9 Å². The van der Waals surface area contributed by atoms with Crippen LogP contribution in [0.2, 0.25) is 5.02 Å². The van der Waals surface area contributed by atoms with E-state index in [1.807, 2.05) is 18.2 Å². The zero-order chi connectivity index (χ0) is 15.7. The largest absolute Gasteiger partial charge is 0.389 e. The van der Waals surface area contributed by atoms with Crippen molar-refractivity contribution in [3.8, 4) is 0 Å². The van der Waals surface area contributed by atoms with Crippen molar-refractivity contribution in [1.82, 2.24) is 4.31 Å². The van der Waals surface area contributed by atoms with Gasteiger partial charge in [-0.25, -0.2) is 8.42 Å². The van der Waals surface area contributed by atoms with Crippen molar-refractivity contribution < 1.29 is 18.3 Å². The zero-order valence-corrected chi connectivity index (χ0v) is 13.8. The fourth-order valence-electron chi connectivity index (χ4n) is 3.07. The summed E-state index contributed by atoms with van der Waals surface area (Å²) in [6, 6.07) is 5.59. The van der Waals surface area contributed by atoms with Crippen molar-refractivity contribution in [1.29, 1.82) is 0 Å². The predicted molar refractivity (Wildman–Crippen MR) is 84.3 cm³/mol. The van der Waals surface area contributed by atoms with Gasteiger partial charge in [0.15, 0.2) is 0 Å². The molecule has 2 aliphatic heterocycles. The lowest BCUT2D eigenvalue weighted by Gasteiger charge is -2.29. The van der Waals surface area contributed by atoms with Gasteiger partial charge in [-0.2, -0.15) is 4.31 Å². The van der Waals surface area contributed by atoms with Crippen LogP contribution in [0.15, 0.2) is 18.2 Å². The third-order valence-electron chi connectivity index (χ3n) is 4.31. The van der Waals surface area contributed by atoms with Gasteiger partial charge in [0.1, 0.15) is 0 Å². The summed E-state index contributed by atoms with van der Waals surface area (Å²) in [5.74, 6) is -0.284. The second kappa shape index (κ2) is 6.45. The number of benzene rings is 1. The summed E-state index contributed by atoms with van der Waals surface area (Å²) in [5, 5.41) is 10.7. The van der Waals surface area contributed by atoms with Gasteiger partial charge in [0.25, 0.3) is 0 Å². The summed E-state index contributed by atoms with van der Waals surface area (Å²) >= 11 is 5.98. The number of hydrogen-bond donors (Lipinski definition) is 1. The number of fused-ring (bicyclic) bond motifs is 1. The summed E-state index contributed by atoms with van der Waals surface area (Å²) in [7, 11) is -3.52. The van der Waals surface area contributed by atoms with Crippen molar-refractivity contribution in [2.24, 2.45) is 0 Å². The highest BCUT2D eigenvalue weighted by molar-refractivity contribution is 7.89. The average molecular weight is 346 g/mol. The summed E-state index contributed by atoms with van der Waals surface area (Å²) in [4.78, 5) is 0. The molecule has 1 saturated heterocycles. The van der Waals surface area contributed by atoms with Crippen molar-refractivity contribution in [2.75, 3.05) is 18.9 Å². The highest BCUT2D eigenvalue weighted by Gasteiger charge is 2.33. The average Bonchev–Trinajstić information content (AvgIpc) is 3.00. The van der Waals surface area contributed by atoms with Gasteiger partial charge >= 0.3 is 0 Å². The molecule has 0 radical (unpaired) electrons. The lowest BCUT2D eigenvalue weighted by atomic mass is 10.0. The standard InChI is InChI=1S/C15H20ClNO4S/c16-13-4-3-11-5-6-17(9-12(11)8-13)22(19,20)10-14(18)15-2-1-7-21-15/h3-4,8,14-15,18H,1-2,5-7,9-10H2/t14-,15-/m1/s1. The van der Waals surface area contributed by atoms with Gasteiger partial charge in [0, 0.05) is 24.7 Å². The molecular weight excluding hydrogens is 326 g/mol. The van der Waals surface area contributed by atoms with E-state index in [9.17, 15) is 13.5 Å². The molecule has 0 spiro atoms. The molecule has 0 bridgehead atoms.